The first-order valence-electron chi connectivity index (χ1n) is 8.03. The number of hydrogen-bond acceptors (Lipinski definition) is 4. The van der Waals surface area contributed by atoms with E-state index in [9.17, 15) is 13.6 Å². The van der Waals surface area contributed by atoms with Crippen LogP contribution in [0.15, 0.2) is 18.2 Å². The first-order chi connectivity index (χ1) is 11.5. The summed E-state index contributed by atoms with van der Waals surface area (Å²) < 4.78 is 26.9. The molecule has 2 aromatic rings. The van der Waals surface area contributed by atoms with Crippen LogP contribution in [0.4, 0.5) is 8.78 Å². The summed E-state index contributed by atoms with van der Waals surface area (Å²) in [6, 6.07) is 3.46. The number of carbonyl (C=O) groups excluding carboxylic acids is 1. The lowest BCUT2D eigenvalue weighted by Crippen LogP contribution is -2.40. The number of aromatic nitrogens is 2. The third-order valence-electron chi connectivity index (χ3n) is 4.25. The number of piperidine rings is 1. The van der Waals surface area contributed by atoms with Gasteiger partial charge in [-0.15, -0.1) is 10.2 Å². The molecule has 1 fully saturated rings. The van der Waals surface area contributed by atoms with Crippen molar-refractivity contribution in [1.29, 1.82) is 0 Å². The van der Waals surface area contributed by atoms with Gasteiger partial charge in [-0.1, -0.05) is 25.2 Å². The molecule has 0 atom stereocenters. The normalized spacial score (nSPS) is 16.0. The molecular weight excluding hydrogens is 332 g/mol. The molecule has 0 aliphatic carbocycles. The van der Waals surface area contributed by atoms with Crippen LogP contribution in [-0.2, 0) is 4.79 Å². The van der Waals surface area contributed by atoms with Crippen LogP contribution in [-0.4, -0.2) is 34.1 Å². The highest BCUT2D eigenvalue weighted by molar-refractivity contribution is 7.14. The highest BCUT2D eigenvalue weighted by Gasteiger charge is 2.27. The van der Waals surface area contributed by atoms with Crippen LogP contribution in [0.1, 0.15) is 37.6 Å². The maximum absolute atomic E-state index is 13.9. The lowest BCUT2D eigenvalue weighted by atomic mass is 9.97. The van der Waals surface area contributed by atoms with Crippen LogP contribution in [0.2, 0.25) is 0 Å². The van der Waals surface area contributed by atoms with Crippen molar-refractivity contribution in [3.63, 3.8) is 0 Å². The molecule has 0 N–H and O–H groups in total. The summed E-state index contributed by atoms with van der Waals surface area (Å²) in [6.07, 6.45) is 1.66. The van der Waals surface area contributed by atoms with E-state index < -0.39 is 11.6 Å². The second kappa shape index (κ2) is 6.93. The zero-order valence-electron chi connectivity index (χ0n) is 13.6. The summed E-state index contributed by atoms with van der Waals surface area (Å²) in [5.74, 6) is -0.815. The van der Waals surface area contributed by atoms with E-state index in [-0.39, 0.29) is 23.3 Å². The molecule has 1 amide bonds. The third kappa shape index (κ3) is 3.45. The molecule has 2 heterocycles. The Morgan fingerprint density at radius 1 is 1.25 bits per heavy atom. The highest BCUT2D eigenvalue weighted by Crippen LogP contribution is 2.34. The van der Waals surface area contributed by atoms with Crippen molar-refractivity contribution in [3.8, 4) is 10.6 Å². The van der Waals surface area contributed by atoms with Crippen molar-refractivity contribution >= 4 is 17.2 Å². The minimum Gasteiger partial charge on any atom is -0.342 e. The van der Waals surface area contributed by atoms with Crippen molar-refractivity contribution in [2.45, 2.75) is 32.6 Å². The summed E-state index contributed by atoms with van der Waals surface area (Å²) in [4.78, 5) is 13.9. The largest absolute Gasteiger partial charge is 0.342 e. The van der Waals surface area contributed by atoms with E-state index in [0.29, 0.717) is 18.1 Å². The molecule has 0 unspecified atom stereocenters. The summed E-state index contributed by atoms with van der Waals surface area (Å²) in [7, 11) is 0. The first-order valence-corrected chi connectivity index (χ1v) is 8.85. The second-order valence-electron chi connectivity index (χ2n) is 6.32. The molecule has 0 spiro atoms. The van der Waals surface area contributed by atoms with Crippen molar-refractivity contribution in [2.75, 3.05) is 13.1 Å². The fraction of sp³-hybridized carbons (Fsp3) is 0.471. The molecule has 3 rings (SSSR count). The van der Waals surface area contributed by atoms with Gasteiger partial charge in [-0.05, 0) is 25.0 Å². The molecule has 1 aromatic heterocycles. The molecule has 1 aliphatic rings. The summed E-state index contributed by atoms with van der Waals surface area (Å²) in [5, 5.41) is 9.56. The Hall–Kier alpha value is -1.89. The van der Waals surface area contributed by atoms with Crippen LogP contribution in [0.5, 0.6) is 0 Å². The van der Waals surface area contributed by atoms with Gasteiger partial charge in [-0.2, -0.15) is 0 Å². The zero-order valence-corrected chi connectivity index (χ0v) is 14.4. The molecule has 0 radical (unpaired) electrons. The standard InChI is InChI=1S/C17H19F2N3OS/c1-10(2)17(23)22-7-5-11(6-8-22)15-20-21-16(24-15)13-4-3-12(18)9-14(13)19/h3-4,9-11H,5-8H2,1-2H3. The van der Waals surface area contributed by atoms with Gasteiger partial charge in [-0.25, -0.2) is 8.78 Å². The molecule has 7 heteroatoms. The number of hydrogen-bond donors (Lipinski definition) is 0. The first kappa shape index (κ1) is 17.0. The van der Waals surface area contributed by atoms with Crippen LogP contribution in [0.25, 0.3) is 10.6 Å². The molecule has 128 valence electrons. The van der Waals surface area contributed by atoms with E-state index in [1.54, 1.807) is 0 Å². The Morgan fingerprint density at radius 2 is 1.96 bits per heavy atom. The summed E-state index contributed by atoms with van der Waals surface area (Å²) in [6.45, 7) is 5.23. The van der Waals surface area contributed by atoms with Crippen LogP contribution >= 0.6 is 11.3 Å². The number of benzene rings is 1. The Kier molecular flexibility index (Phi) is 4.89. The fourth-order valence-electron chi connectivity index (χ4n) is 2.88. The number of rotatable bonds is 3. The van der Waals surface area contributed by atoms with E-state index in [0.717, 1.165) is 23.9 Å². The second-order valence-corrected chi connectivity index (χ2v) is 7.33. The molecular formula is C17H19F2N3OS. The molecule has 1 saturated heterocycles. The lowest BCUT2D eigenvalue weighted by Gasteiger charge is -2.32. The fourth-order valence-corrected chi connectivity index (χ4v) is 3.92. The van der Waals surface area contributed by atoms with Crippen molar-refractivity contribution in [1.82, 2.24) is 15.1 Å². The van der Waals surface area contributed by atoms with Crippen molar-refractivity contribution in [2.24, 2.45) is 5.92 Å². The van der Waals surface area contributed by atoms with Gasteiger partial charge in [0.2, 0.25) is 5.91 Å². The molecule has 24 heavy (non-hydrogen) atoms. The minimum atomic E-state index is -0.630. The maximum atomic E-state index is 13.9. The van der Waals surface area contributed by atoms with E-state index in [4.69, 9.17) is 0 Å². The van der Waals surface area contributed by atoms with Gasteiger partial charge in [-0.3, -0.25) is 4.79 Å². The topological polar surface area (TPSA) is 46.1 Å². The smallest absolute Gasteiger partial charge is 0.225 e. The number of nitrogens with zero attached hydrogens (tertiary/aromatic N) is 3. The molecule has 4 nitrogen and oxygen atoms in total. The quantitative estimate of drug-likeness (QED) is 0.844. The Balaban J connectivity index is 1.70. The van der Waals surface area contributed by atoms with Crippen LogP contribution in [0.3, 0.4) is 0 Å². The Labute approximate surface area is 143 Å². The average molecular weight is 351 g/mol. The number of carbonyl (C=O) groups is 1. The molecule has 1 aliphatic heterocycles. The zero-order chi connectivity index (χ0) is 17.3. The van der Waals surface area contributed by atoms with Gasteiger partial charge in [0.25, 0.3) is 0 Å². The summed E-state index contributed by atoms with van der Waals surface area (Å²) in [5.41, 5.74) is 0.271. The van der Waals surface area contributed by atoms with E-state index >= 15 is 0 Å². The number of likely N-dealkylation sites (tertiary alicyclic amines) is 1. The number of halogens is 2. The monoisotopic (exact) mass is 351 g/mol. The third-order valence-corrected chi connectivity index (χ3v) is 5.37. The molecule has 0 bridgehead atoms. The van der Waals surface area contributed by atoms with Gasteiger partial charge < -0.3 is 4.90 Å². The molecule has 1 aromatic carbocycles. The predicted octanol–water partition coefficient (Wildman–Crippen LogP) is 3.85. The molecule has 0 saturated carbocycles. The van der Waals surface area contributed by atoms with Gasteiger partial charge in [0.05, 0.1) is 0 Å². The van der Waals surface area contributed by atoms with Crippen LogP contribution in [0, 0.1) is 17.6 Å². The van der Waals surface area contributed by atoms with Gasteiger partial charge in [0, 0.05) is 36.6 Å². The van der Waals surface area contributed by atoms with E-state index in [2.05, 4.69) is 10.2 Å². The summed E-state index contributed by atoms with van der Waals surface area (Å²) >= 11 is 1.34. The van der Waals surface area contributed by atoms with Crippen molar-refractivity contribution < 1.29 is 13.6 Å². The van der Waals surface area contributed by atoms with E-state index in [1.807, 2.05) is 18.7 Å². The van der Waals surface area contributed by atoms with E-state index in [1.165, 1.54) is 23.5 Å². The maximum Gasteiger partial charge on any atom is 0.225 e. The van der Waals surface area contributed by atoms with Gasteiger partial charge in [0.15, 0.2) is 5.01 Å². The predicted molar refractivity (Wildman–Crippen MR) is 88.7 cm³/mol. The Morgan fingerprint density at radius 3 is 2.58 bits per heavy atom. The van der Waals surface area contributed by atoms with Gasteiger partial charge in [0.1, 0.15) is 16.6 Å². The highest BCUT2D eigenvalue weighted by atomic mass is 32.1. The lowest BCUT2D eigenvalue weighted by molar-refractivity contribution is -0.135. The minimum absolute atomic E-state index is 0.0103. The SMILES string of the molecule is CC(C)C(=O)N1CCC(c2nnc(-c3ccc(F)cc3F)s2)CC1. The Bertz CT molecular complexity index is 739. The van der Waals surface area contributed by atoms with Gasteiger partial charge >= 0.3 is 0 Å². The van der Waals surface area contributed by atoms with Crippen LogP contribution < -0.4 is 0 Å². The number of amides is 1. The van der Waals surface area contributed by atoms with Crippen molar-refractivity contribution in [3.05, 3.63) is 34.8 Å². The average Bonchev–Trinajstić information content (AvgIpc) is 3.04.